The summed E-state index contributed by atoms with van der Waals surface area (Å²) in [6.45, 7) is 4.28. The predicted octanol–water partition coefficient (Wildman–Crippen LogP) is 3.23. The normalized spacial score (nSPS) is 14.6. The van der Waals surface area contributed by atoms with Crippen LogP contribution in [0.25, 0.3) is 28.0 Å². The third-order valence-electron chi connectivity index (χ3n) is 5.64. The molecule has 1 saturated heterocycles. The van der Waals surface area contributed by atoms with Gasteiger partial charge >= 0.3 is 0 Å². The van der Waals surface area contributed by atoms with Crippen LogP contribution in [-0.4, -0.2) is 64.0 Å². The summed E-state index contributed by atoms with van der Waals surface area (Å²) in [5.41, 5.74) is 6.89. The van der Waals surface area contributed by atoms with E-state index in [1.54, 1.807) is 6.07 Å². The minimum atomic E-state index is -1.06. The maximum atomic E-state index is 14.8. The molecule has 5 rings (SSSR count). The molecule has 1 aliphatic heterocycles. The first-order chi connectivity index (χ1) is 16.5. The van der Waals surface area contributed by atoms with E-state index < -0.39 is 17.5 Å². The number of aromatic nitrogens is 4. The van der Waals surface area contributed by atoms with Crippen molar-refractivity contribution in [2.45, 2.75) is 0 Å². The summed E-state index contributed by atoms with van der Waals surface area (Å²) in [7, 11) is 0. The van der Waals surface area contributed by atoms with Crippen LogP contribution in [0.2, 0.25) is 0 Å². The standard InChI is InChI=1S/C23H22F3N7O/c24-14-3-1-4-15(13-14)33-21(27)18-20(16-5-2-6-17(25)19(16)26)29-23(30-22(18)31-33)28-7-8-32-9-11-34-12-10-32/h1-6,13H,7-12,27H2,(H,28,30,31). The van der Waals surface area contributed by atoms with E-state index in [2.05, 4.69) is 25.3 Å². The van der Waals surface area contributed by atoms with Gasteiger partial charge in [0.2, 0.25) is 5.95 Å². The van der Waals surface area contributed by atoms with Gasteiger partial charge in [0, 0.05) is 31.7 Å². The minimum absolute atomic E-state index is 0.0749. The first-order valence-corrected chi connectivity index (χ1v) is 10.8. The van der Waals surface area contributed by atoms with Crippen molar-refractivity contribution in [3.63, 3.8) is 0 Å². The third-order valence-corrected chi connectivity index (χ3v) is 5.64. The lowest BCUT2D eigenvalue weighted by atomic mass is 10.1. The zero-order valence-corrected chi connectivity index (χ0v) is 18.1. The number of halogens is 3. The van der Waals surface area contributed by atoms with Crippen LogP contribution in [0.3, 0.4) is 0 Å². The van der Waals surface area contributed by atoms with E-state index in [4.69, 9.17) is 10.5 Å². The van der Waals surface area contributed by atoms with Gasteiger partial charge in [-0.15, -0.1) is 5.10 Å². The molecule has 1 aliphatic rings. The first kappa shape index (κ1) is 22.1. The largest absolute Gasteiger partial charge is 0.383 e. The second-order valence-electron chi connectivity index (χ2n) is 7.85. The molecule has 3 heterocycles. The molecule has 11 heteroatoms. The summed E-state index contributed by atoms with van der Waals surface area (Å²) in [6, 6.07) is 9.54. The molecule has 34 heavy (non-hydrogen) atoms. The van der Waals surface area contributed by atoms with E-state index in [-0.39, 0.29) is 34.1 Å². The van der Waals surface area contributed by atoms with Crippen LogP contribution in [0.5, 0.6) is 0 Å². The molecule has 3 N–H and O–H groups in total. The van der Waals surface area contributed by atoms with Gasteiger partial charge in [0.25, 0.3) is 0 Å². The van der Waals surface area contributed by atoms with Crippen molar-refractivity contribution in [2.24, 2.45) is 0 Å². The average molecular weight is 469 g/mol. The predicted molar refractivity (Wildman–Crippen MR) is 122 cm³/mol. The van der Waals surface area contributed by atoms with Gasteiger partial charge in [-0.25, -0.2) is 22.8 Å². The molecular formula is C23H22F3N7O. The molecule has 0 spiro atoms. The Kier molecular flexibility index (Phi) is 6.03. The van der Waals surface area contributed by atoms with Crippen molar-refractivity contribution >= 4 is 22.8 Å². The summed E-state index contributed by atoms with van der Waals surface area (Å²) in [5.74, 6) is -2.26. The quantitative estimate of drug-likeness (QED) is 0.448. The molecule has 0 saturated carbocycles. The van der Waals surface area contributed by atoms with Crippen molar-refractivity contribution in [3.8, 4) is 16.9 Å². The van der Waals surface area contributed by atoms with Gasteiger partial charge in [0.1, 0.15) is 11.6 Å². The molecular weight excluding hydrogens is 447 g/mol. The number of nitrogens with zero attached hydrogens (tertiary/aromatic N) is 5. The molecule has 0 aliphatic carbocycles. The molecule has 176 valence electrons. The zero-order chi connectivity index (χ0) is 23.7. The van der Waals surface area contributed by atoms with E-state index in [1.165, 1.54) is 35.0 Å². The van der Waals surface area contributed by atoms with Gasteiger partial charge < -0.3 is 15.8 Å². The van der Waals surface area contributed by atoms with Crippen LogP contribution < -0.4 is 11.1 Å². The van der Waals surface area contributed by atoms with Gasteiger partial charge in [-0.1, -0.05) is 12.1 Å². The number of nitrogens with two attached hydrogens (primary N) is 1. The van der Waals surface area contributed by atoms with Gasteiger partial charge in [0.15, 0.2) is 17.3 Å². The van der Waals surface area contributed by atoms with Crippen LogP contribution >= 0.6 is 0 Å². The molecule has 1 fully saturated rings. The fourth-order valence-electron chi connectivity index (χ4n) is 3.93. The maximum Gasteiger partial charge on any atom is 0.225 e. The topological polar surface area (TPSA) is 94.1 Å². The van der Waals surface area contributed by atoms with Crippen LogP contribution in [0, 0.1) is 17.5 Å². The highest BCUT2D eigenvalue weighted by Crippen LogP contribution is 2.34. The van der Waals surface area contributed by atoms with Gasteiger partial charge in [-0.2, -0.15) is 4.98 Å². The zero-order valence-electron chi connectivity index (χ0n) is 18.1. The molecule has 0 radical (unpaired) electrons. The summed E-state index contributed by atoms with van der Waals surface area (Å²) >= 11 is 0. The van der Waals surface area contributed by atoms with Crippen molar-refractivity contribution < 1.29 is 17.9 Å². The Morgan fingerprint density at radius 3 is 2.62 bits per heavy atom. The Hall–Kier alpha value is -3.70. The van der Waals surface area contributed by atoms with Crippen molar-refractivity contribution in [3.05, 3.63) is 59.9 Å². The van der Waals surface area contributed by atoms with Crippen LogP contribution in [0.1, 0.15) is 0 Å². The molecule has 0 atom stereocenters. The lowest BCUT2D eigenvalue weighted by Gasteiger charge is -2.26. The molecule has 0 unspecified atom stereocenters. The molecule has 2 aromatic heterocycles. The Morgan fingerprint density at radius 2 is 1.82 bits per heavy atom. The SMILES string of the molecule is Nc1c2c(-c3cccc(F)c3F)nc(NCCN3CCOCC3)nc2nn1-c1cccc(F)c1. The van der Waals surface area contributed by atoms with Crippen molar-refractivity contribution in [1.29, 1.82) is 0 Å². The van der Waals surface area contributed by atoms with E-state index >= 15 is 0 Å². The van der Waals surface area contributed by atoms with Crippen molar-refractivity contribution in [2.75, 3.05) is 50.4 Å². The number of morpholine rings is 1. The number of benzene rings is 2. The van der Waals surface area contributed by atoms with E-state index in [0.717, 1.165) is 25.7 Å². The Balaban J connectivity index is 1.58. The fraction of sp³-hybridized carbons (Fsp3) is 0.261. The lowest BCUT2D eigenvalue weighted by molar-refractivity contribution is 0.0398. The first-order valence-electron chi connectivity index (χ1n) is 10.8. The third kappa shape index (κ3) is 4.27. The number of hydrogen-bond acceptors (Lipinski definition) is 7. The van der Waals surface area contributed by atoms with E-state index in [0.29, 0.717) is 25.4 Å². The van der Waals surface area contributed by atoms with Gasteiger partial charge in [0.05, 0.1) is 30.0 Å². The second-order valence-corrected chi connectivity index (χ2v) is 7.85. The monoisotopic (exact) mass is 469 g/mol. The van der Waals surface area contributed by atoms with Crippen molar-refractivity contribution in [1.82, 2.24) is 24.6 Å². The number of nitrogens with one attached hydrogen (secondary N) is 1. The Bertz CT molecular complexity index is 1340. The number of rotatable bonds is 6. The van der Waals surface area contributed by atoms with Crippen LogP contribution in [0.15, 0.2) is 42.5 Å². The molecule has 4 aromatic rings. The number of ether oxygens (including phenoxy) is 1. The molecule has 2 aromatic carbocycles. The molecule has 0 bridgehead atoms. The number of hydrogen-bond donors (Lipinski definition) is 2. The number of anilines is 2. The molecule has 0 amide bonds. The number of nitrogen functional groups attached to an aromatic ring is 1. The summed E-state index contributed by atoms with van der Waals surface area (Å²) < 4.78 is 49.3. The Labute approximate surface area is 193 Å². The minimum Gasteiger partial charge on any atom is -0.383 e. The maximum absolute atomic E-state index is 14.8. The smallest absolute Gasteiger partial charge is 0.225 e. The fourth-order valence-corrected chi connectivity index (χ4v) is 3.93. The lowest BCUT2D eigenvalue weighted by Crippen LogP contribution is -2.39. The summed E-state index contributed by atoms with van der Waals surface area (Å²) in [5, 5.41) is 7.79. The van der Waals surface area contributed by atoms with Gasteiger partial charge in [-0.05, 0) is 30.3 Å². The summed E-state index contributed by atoms with van der Waals surface area (Å²) in [4.78, 5) is 11.1. The number of fused-ring (bicyclic) bond motifs is 1. The van der Waals surface area contributed by atoms with Gasteiger partial charge in [-0.3, -0.25) is 4.90 Å². The van der Waals surface area contributed by atoms with E-state index in [1.807, 2.05) is 0 Å². The average Bonchev–Trinajstić information content (AvgIpc) is 3.17. The highest BCUT2D eigenvalue weighted by Gasteiger charge is 2.22. The van der Waals surface area contributed by atoms with E-state index in [9.17, 15) is 13.2 Å². The van der Waals surface area contributed by atoms with Crippen LogP contribution in [0.4, 0.5) is 24.9 Å². The highest BCUT2D eigenvalue weighted by atomic mass is 19.2. The Morgan fingerprint density at radius 1 is 1.03 bits per heavy atom. The second kappa shape index (κ2) is 9.27. The van der Waals surface area contributed by atoms with Crippen LogP contribution in [-0.2, 0) is 4.74 Å². The highest BCUT2D eigenvalue weighted by molar-refractivity contribution is 5.99. The summed E-state index contributed by atoms with van der Waals surface area (Å²) in [6.07, 6.45) is 0. The molecule has 8 nitrogen and oxygen atoms in total.